The van der Waals surface area contributed by atoms with Crippen LogP contribution in [0.5, 0.6) is 0 Å². The number of aromatic nitrogens is 1. The summed E-state index contributed by atoms with van der Waals surface area (Å²) in [5, 5.41) is 6.86. The minimum absolute atomic E-state index is 0.0122. The molecule has 0 saturated carbocycles. The maximum absolute atomic E-state index is 12.2. The van der Waals surface area contributed by atoms with E-state index in [4.69, 9.17) is 20.9 Å². The summed E-state index contributed by atoms with van der Waals surface area (Å²) in [5.74, 6) is -0.250. The van der Waals surface area contributed by atoms with Gasteiger partial charge in [-0.25, -0.2) is 8.42 Å². The molecule has 0 unspecified atom stereocenters. The van der Waals surface area contributed by atoms with Gasteiger partial charge in [0.05, 0.1) is 19.0 Å². The van der Waals surface area contributed by atoms with Crippen LogP contribution in [0.4, 0.5) is 0 Å². The van der Waals surface area contributed by atoms with Gasteiger partial charge in [0.1, 0.15) is 0 Å². The van der Waals surface area contributed by atoms with Crippen LogP contribution in [0.2, 0.25) is 5.02 Å². The van der Waals surface area contributed by atoms with E-state index in [0.717, 1.165) is 5.56 Å². The van der Waals surface area contributed by atoms with Gasteiger partial charge >= 0.3 is 0 Å². The van der Waals surface area contributed by atoms with Gasteiger partial charge in [-0.1, -0.05) is 16.8 Å². The molecule has 1 amide bonds. The number of sulfonamides is 1. The average Bonchev–Trinajstić information content (AvgIpc) is 3.13. The summed E-state index contributed by atoms with van der Waals surface area (Å²) >= 11 is 5.84. The van der Waals surface area contributed by atoms with Crippen LogP contribution in [-0.4, -0.2) is 62.4 Å². The minimum atomic E-state index is -3.42. The zero-order chi connectivity index (χ0) is 18.6. The molecule has 0 atom stereocenters. The lowest BCUT2D eigenvalue weighted by molar-refractivity contribution is 0.0730. The van der Waals surface area contributed by atoms with Gasteiger partial charge in [-0.2, -0.15) is 4.31 Å². The molecule has 140 valence electrons. The lowest BCUT2D eigenvalue weighted by Gasteiger charge is -2.25. The van der Waals surface area contributed by atoms with Crippen molar-refractivity contribution in [2.24, 2.45) is 0 Å². The van der Waals surface area contributed by atoms with Crippen molar-refractivity contribution in [1.82, 2.24) is 14.8 Å². The van der Waals surface area contributed by atoms with E-state index in [1.165, 1.54) is 10.4 Å². The molecule has 1 aromatic heterocycles. The zero-order valence-electron chi connectivity index (χ0n) is 13.9. The number of morpholine rings is 1. The largest absolute Gasteiger partial charge is 0.379 e. The third-order valence-electron chi connectivity index (χ3n) is 3.88. The topological polar surface area (TPSA) is 102 Å². The fourth-order valence-electron chi connectivity index (χ4n) is 2.47. The first kappa shape index (κ1) is 18.8. The minimum Gasteiger partial charge on any atom is -0.379 e. The van der Waals surface area contributed by atoms with E-state index in [2.05, 4.69) is 10.5 Å². The number of hydrogen-bond donors (Lipinski definition) is 1. The molecule has 1 fully saturated rings. The Hall–Kier alpha value is -1.94. The van der Waals surface area contributed by atoms with E-state index in [-0.39, 0.29) is 18.0 Å². The van der Waals surface area contributed by atoms with Crippen molar-refractivity contribution < 1.29 is 22.5 Å². The van der Waals surface area contributed by atoms with E-state index in [1.807, 2.05) is 0 Å². The summed E-state index contributed by atoms with van der Waals surface area (Å²) in [4.78, 5) is 12.1. The van der Waals surface area contributed by atoms with Crippen molar-refractivity contribution in [1.29, 1.82) is 0 Å². The average molecular weight is 400 g/mol. The summed E-state index contributed by atoms with van der Waals surface area (Å²) < 4.78 is 36.1. The number of halogens is 1. The van der Waals surface area contributed by atoms with E-state index in [0.29, 0.717) is 37.1 Å². The molecule has 1 aromatic carbocycles. The molecular formula is C16H18ClN3O5S. The fourth-order valence-corrected chi connectivity index (χ4v) is 3.92. The van der Waals surface area contributed by atoms with E-state index in [1.54, 1.807) is 24.3 Å². The Morgan fingerprint density at radius 3 is 2.62 bits per heavy atom. The Balaban J connectivity index is 1.54. The molecular weight excluding hydrogens is 382 g/mol. The SMILES string of the molecule is O=C(NCCS(=O)(=O)N1CCOCC1)c1cc(-c2ccc(Cl)cc2)on1. The lowest BCUT2D eigenvalue weighted by Crippen LogP contribution is -2.43. The predicted octanol–water partition coefficient (Wildman–Crippen LogP) is 1.39. The number of amides is 1. The summed E-state index contributed by atoms with van der Waals surface area (Å²) in [6, 6.07) is 8.40. The predicted molar refractivity (Wildman–Crippen MR) is 95.5 cm³/mol. The molecule has 0 radical (unpaired) electrons. The van der Waals surface area contributed by atoms with Crippen LogP contribution in [0.15, 0.2) is 34.9 Å². The smallest absolute Gasteiger partial charge is 0.273 e. The van der Waals surface area contributed by atoms with E-state index in [9.17, 15) is 13.2 Å². The number of hydrogen-bond acceptors (Lipinski definition) is 6. The molecule has 0 bridgehead atoms. The maximum Gasteiger partial charge on any atom is 0.273 e. The number of ether oxygens (including phenoxy) is 1. The van der Waals surface area contributed by atoms with Gasteiger partial charge in [-0.05, 0) is 24.3 Å². The van der Waals surface area contributed by atoms with Crippen molar-refractivity contribution in [3.63, 3.8) is 0 Å². The maximum atomic E-state index is 12.2. The van der Waals surface area contributed by atoms with Crippen molar-refractivity contribution in [3.05, 3.63) is 41.0 Å². The molecule has 8 nitrogen and oxygen atoms in total. The Morgan fingerprint density at radius 1 is 1.23 bits per heavy atom. The number of rotatable bonds is 6. The van der Waals surface area contributed by atoms with Gasteiger partial charge in [0.15, 0.2) is 11.5 Å². The Morgan fingerprint density at radius 2 is 1.92 bits per heavy atom. The van der Waals surface area contributed by atoms with Crippen molar-refractivity contribution in [2.45, 2.75) is 0 Å². The summed E-state index contributed by atoms with van der Waals surface area (Å²) in [6.45, 7) is 1.44. The fraction of sp³-hybridized carbons (Fsp3) is 0.375. The third kappa shape index (κ3) is 4.61. The highest BCUT2D eigenvalue weighted by molar-refractivity contribution is 7.89. The number of carbonyl (C=O) groups excluding carboxylic acids is 1. The Bertz CT molecular complexity index is 860. The molecule has 1 aliphatic heterocycles. The second-order valence-electron chi connectivity index (χ2n) is 5.67. The normalized spacial score (nSPS) is 15.7. The van der Waals surface area contributed by atoms with Gasteiger partial charge in [0.25, 0.3) is 5.91 Å². The number of benzene rings is 1. The molecule has 1 N–H and O–H groups in total. The summed E-state index contributed by atoms with van der Waals surface area (Å²) in [5.41, 5.74) is 0.814. The summed E-state index contributed by atoms with van der Waals surface area (Å²) in [6.07, 6.45) is 0. The Kier molecular flexibility index (Phi) is 5.92. The van der Waals surface area contributed by atoms with Gasteiger partial charge < -0.3 is 14.6 Å². The first-order valence-electron chi connectivity index (χ1n) is 8.02. The van der Waals surface area contributed by atoms with Crippen LogP contribution < -0.4 is 5.32 Å². The molecule has 26 heavy (non-hydrogen) atoms. The van der Waals surface area contributed by atoms with E-state index >= 15 is 0 Å². The second-order valence-corrected chi connectivity index (χ2v) is 8.19. The van der Waals surface area contributed by atoms with Gasteiger partial charge in [-0.15, -0.1) is 0 Å². The zero-order valence-corrected chi connectivity index (χ0v) is 15.4. The van der Waals surface area contributed by atoms with Crippen LogP contribution in [0.1, 0.15) is 10.5 Å². The molecule has 2 heterocycles. The third-order valence-corrected chi connectivity index (χ3v) is 6.00. The van der Waals surface area contributed by atoms with Crippen molar-refractivity contribution in [3.8, 4) is 11.3 Å². The molecule has 0 aliphatic carbocycles. The van der Waals surface area contributed by atoms with Gasteiger partial charge in [-0.3, -0.25) is 4.79 Å². The highest BCUT2D eigenvalue weighted by atomic mass is 35.5. The molecule has 1 aliphatic rings. The van der Waals surface area contributed by atoms with Crippen LogP contribution in [0.25, 0.3) is 11.3 Å². The van der Waals surface area contributed by atoms with Crippen LogP contribution in [-0.2, 0) is 14.8 Å². The van der Waals surface area contributed by atoms with Crippen LogP contribution in [0, 0.1) is 0 Å². The molecule has 0 spiro atoms. The first-order chi connectivity index (χ1) is 12.5. The van der Waals surface area contributed by atoms with Crippen molar-refractivity contribution >= 4 is 27.5 Å². The molecule has 10 heteroatoms. The molecule has 1 saturated heterocycles. The summed E-state index contributed by atoms with van der Waals surface area (Å²) in [7, 11) is -3.42. The van der Waals surface area contributed by atoms with Crippen molar-refractivity contribution in [2.75, 3.05) is 38.6 Å². The van der Waals surface area contributed by atoms with E-state index < -0.39 is 15.9 Å². The Labute approximate surface area is 156 Å². The number of carbonyl (C=O) groups is 1. The van der Waals surface area contributed by atoms with Gasteiger partial charge in [0, 0.05) is 36.3 Å². The molecule has 3 rings (SSSR count). The van der Waals surface area contributed by atoms with Crippen LogP contribution in [0.3, 0.4) is 0 Å². The van der Waals surface area contributed by atoms with Crippen LogP contribution >= 0.6 is 11.6 Å². The highest BCUT2D eigenvalue weighted by Gasteiger charge is 2.24. The molecule has 2 aromatic rings. The quantitative estimate of drug-likeness (QED) is 0.787. The monoisotopic (exact) mass is 399 g/mol. The number of nitrogens with zero attached hydrogens (tertiary/aromatic N) is 2. The standard InChI is InChI=1S/C16H18ClN3O5S/c17-13-3-1-12(2-4-13)15-11-14(19-25-15)16(21)18-5-10-26(22,23)20-6-8-24-9-7-20/h1-4,11H,5-10H2,(H,18,21). The lowest BCUT2D eigenvalue weighted by atomic mass is 10.1. The second kappa shape index (κ2) is 8.17. The highest BCUT2D eigenvalue weighted by Crippen LogP contribution is 2.22. The first-order valence-corrected chi connectivity index (χ1v) is 10.0. The number of nitrogens with one attached hydrogen (secondary N) is 1. The van der Waals surface area contributed by atoms with Gasteiger partial charge in [0.2, 0.25) is 10.0 Å².